The normalized spacial score (nSPS) is 20.3. The van der Waals surface area contributed by atoms with E-state index in [0.717, 1.165) is 25.9 Å². The molecule has 0 aromatic heterocycles. The van der Waals surface area contributed by atoms with E-state index >= 15 is 0 Å². The SMILES string of the molecule is C[C@H](CNC(=O)[C@@H](C)OCC(F)(F)F)N1CCCC1. The number of rotatable bonds is 6. The molecule has 0 aromatic rings. The highest BCUT2D eigenvalue weighted by Gasteiger charge is 2.30. The van der Waals surface area contributed by atoms with E-state index in [2.05, 4.69) is 15.0 Å². The summed E-state index contributed by atoms with van der Waals surface area (Å²) in [5, 5.41) is 2.62. The molecule has 0 unspecified atom stereocenters. The molecule has 1 aliphatic rings. The first-order valence-electron chi connectivity index (χ1n) is 6.49. The Morgan fingerprint density at radius 3 is 2.42 bits per heavy atom. The van der Waals surface area contributed by atoms with Gasteiger partial charge in [0.15, 0.2) is 0 Å². The summed E-state index contributed by atoms with van der Waals surface area (Å²) in [5.74, 6) is -0.504. The fraction of sp³-hybridized carbons (Fsp3) is 0.917. The van der Waals surface area contributed by atoms with E-state index in [1.165, 1.54) is 6.92 Å². The molecule has 1 heterocycles. The van der Waals surface area contributed by atoms with Crippen molar-refractivity contribution in [3.8, 4) is 0 Å². The predicted molar refractivity (Wildman–Crippen MR) is 64.7 cm³/mol. The lowest BCUT2D eigenvalue weighted by molar-refractivity contribution is -0.185. The Morgan fingerprint density at radius 2 is 1.89 bits per heavy atom. The van der Waals surface area contributed by atoms with Gasteiger partial charge in [0.2, 0.25) is 5.91 Å². The lowest BCUT2D eigenvalue weighted by Crippen LogP contribution is -2.44. The molecule has 0 aromatic carbocycles. The van der Waals surface area contributed by atoms with Crippen LogP contribution in [0.15, 0.2) is 0 Å². The quantitative estimate of drug-likeness (QED) is 0.804. The number of halogens is 3. The third-order valence-electron chi connectivity index (χ3n) is 3.20. The fourth-order valence-corrected chi connectivity index (χ4v) is 2.00. The zero-order valence-electron chi connectivity index (χ0n) is 11.3. The second-order valence-corrected chi connectivity index (χ2v) is 4.91. The van der Waals surface area contributed by atoms with Gasteiger partial charge < -0.3 is 10.1 Å². The molecule has 1 N–H and O–H groups in total. The first kappa shape index (κ1) is 16.2. The minimum atomic E-state index is -4.41. The lowest BCUT2D eigenvalue weighted by atomic mass is 10.3. The molecule has 19 heavy (non-hydrogen) atoms. The second kappa shape index (κ2) is 7.09. The van der Waals surface area contributed by atoms with Crippen molar-refractivity contribution in [1.82, 2.24) is 10.2 Å². The number of hydrogen-bond donors (Lipinski definition) is 1. The number of alkyl halides is 3. The monoisotopic (exact) mass is 282 g/mol. The Hall–Kier alpha value is -0.820. The van der Waals surface area contributed by atoms with E-state index in [-0.39, 0.29) is 6.04 Å². The molecule has 1 amide bonds. The van der Waals surface area contributed by atoms with Gasteiger partial charge in [-0.3, -0.25) is 9.69 Å². The largest absolute Gasteiger partial charge is 0.411 e. The summed E-state index contributed by atoms with van der Waals surface area (Å²) in [7, 11) is 0. The van der Waals surface area contributed by atoms with E-state index in [4.69, 9.17) is 0 Å². The number of hydrogen-bond acceptors (Lipinski definition) is 3. The second-order valence-electron chi connectivity index (χ2n) is 4.91. The third kappa shape index (κ3) is 6.24. The molecule has 1 rings (SSSR count). The Morgan fingerprint density at radius 1 is 1.32 bits per heavy atom. The molecule has 7 heteroatoms. The van der Waals surface area contributed by atoms with Crippen molar-refractivity contribution in [2.24, 2.45) is 0 Å². The Bertz CT molecular complexity index is 291. The Labute approximate surface area is 111 Å². The maximum absolute atomic E-state index is 11.9. The molecule has 2 atom stereocenters. The van der Waals surface area contributed by atoms with Crippen LogP contribution in [0.1, 0.15) is 26.7 Å². The topological polar surface area (TPSA) is 41.6 Å². The average molecular weight is 282 g/mol. The smallest absolute Gasteiger partial charge is 0.359 e. The zero-order valence-corrected chi connectivity index (χ0v) is 11.3. The summed E-state index contributed by atoms with van der Waals surface area (Å²) in [5.41, 5.74) is 0. The van der Waals surface area contributed by atoms with E-state index in [1.807, 2.05) is 6.92 Å². The van der Waals surface area contributed by atoms with Crippen LogP contribution in [-0.2, 0) is 9.53 Å². The minimum Gasteiger partial charge on any atom is -0.359 e. The molecule has 0 spiro atoms. The molecule has 1 saturated heterocycles. The molecule has 1 fully saturated rings. The summed E-state index contributed by atoms with van der Waals surface area (Å²) in [4.78, 5) is 13.8. The van der Waals surface area contributed by atoms with Crippen molar-refractivity contribution in [2.45, 2.75) is 45.0 Å². The molecule has 112 valence electrons. The van der Waals surface area contributed by atoms with Crippen LogP contribution in [0.3, 0.4) is 0 Å². The summed E-state index contributed by atoms with van der Waals surface area (Å²) >= 11 is 0. The summed E-state index contributed by atoms with van der Waals surface area (Å²) in [6, 6.07) is 0.196. The molecular weight excluding hydrogens is 261 g/mol. The fourth-order valence-electron chi connectivity index (χ4n) is 2.00. The number of ether oxygens (including phenoxy) is 1. The molecule has 0 bridgehead atoms. The Kier molecular flexibility index (Phi) is 6.06. The number of carbonyl (C=O) groups excluding carboxylic acids is 1. The lowest BCUT2D eigenvalue weighted by Gasteiger charge is -2.24. The van der Waals surface area contributed by atoms with Crippen LogP contribution in [0.5, 0.6) is 0 Å². The highest BCUT2D eigenvalue weighted by atomic mass is 19.4. The van der Waals surface area contributed by atoms with Gasteiger partial charge in [0, 0.05) is 12.6 Å². The number of amides is 1. The van der Waals surface area contributed by atoms with Crippen LogP contribution in [0.4, 0.5) is 13.2 Å². The molecule has 0 radical (unpaired) electrons. The molecule has 1 aliphatic heterocycles. The van der Waals surface area contributed by atoms with Crippen molar-refractivity contribution in [2.75, 3.05) is 26.2 Å². The number of likely N-dealkylation sites (tertiary alicyclic amines) is 1. The van der Waals surface area contributed by atoms with Crippen LogP contribution >= 0.6 is 0 Å². The number of carbonyl (C=O) groups is 1. The standard InChI is InChI=1S/C12H21F3N2O2/c1-9(17-5-3-4-6-17)7-16-11(18)10(2)19-8-12(13,14)15/h9-10H,3-8H2,1-2H3,(H,16,18)/t9-,10-/m1/s1. The van der Waals surface area contributed by atoms with Crippen LogP contribution in [0.2, 0.25) is 0 Å². The summed E-state index contributed by atoms with van der Waals surface area (Å²) < 4.78 is 40.3. The maximum atomic E-state index is 11.9. The van der Waals surface area contributed by atoms with Crippen LogP contribution < -0.4 is 5.32 Å². The third-order valence-corrected chi connectivity index (χ3v) is 3.20. The van der Waals surface area contributed by atoms with Gasteiger partial charge in [-0.1, -0.05) is 0 Å². The highest BCUT2D eigenvalue weighted by Crippen LogP contribution is 2.15. The average Bonchev–Trinajstić information content (AvgIpc) is 2.85. The van der Waals surface area contributed by atoms with Gasteiger partial charge in [-0.15, -0.1) is 0 Å². The van der Waals surface area contributed by atoms with Crippen molar-refractivity contribution in [3.63, 3.8) is 0 Å². The van der Waals surface area contributed by atoms with Gasteiger partial charge in [0.05, 0.1) is 0 Å². The van der Waals surface area contributed by atoms with Crippen LogP contribution in [0, 0.1) is 0 Å². The van der Waals surface area contributed by atoms with E-state index in [1.54, 1.807) is 0 Å². The highest BCUT2D eigenvalue weighted by molar-refractivity contribution is 5.80. The van der Waals surface area contributed by atoms with E-state index < -0.39 is 24.8 Å². The first-order valence-corrected chi connectivity index (χ1v) is 6.49. The van der Waals surface area contributed by atoms with Crippen molar-refractivity contribution in [1.29, 1.82) is 0 Å². The maximum Gasteiger partial charge on any atom is 0.411 e. The van der Waals surface area contributed by atoms with Gasteiger partial charge in [-0.05, 0) is 39.8 Å². The van der Waals surface area contributed by atoms with Gasteiger partial charge in [0.1, 0.15) is 12.7 Å². The van der Waals surface area contributed by atoms with Gasteiger partial charge >= 0.3 is 6.18 Å². The molecule has 0 aliphatic carbocycles. The minimum absolute atomic E-state index is 0.196. The van der Waals surface area contributed by atoms with Gasteiger partial charge in [0.25, 0.3) is 0 Å². The van der Waals surface area contributed by atoms with Gasteiger partial charge in [-0.2, -0.15) is 13.2 Å². The molecule has 0 saturated carbocycles. The van der Waals surface area contributed by atoms with E-state index in [0.29, 0.717) is 6.54 Å². The van der Waals surface area contributed by atoms with Crippen molar-refractivity contribution in [3.05, 3.63) is 0 Å². The Balaban J connectivity index is 2.22. The summed E-state index contributed by atoms with van der Waals surface area (Å²) in [6.07, 6.45) is -3.18. The first-order chi connectivity index (χ1) is 8.79. The molecular formula is C12H21F3N2O2. The van der Waals surface area contributed by atoms with Gasteiger partial charge in [-0.25, -0.2) is 0 Å². The number of nitrogens with one attached hydrogen (secondary N) is 1. The summed E-state index contributed by atoms with van der Waals surface area (Å²) in [6.45, 7) is 4.37. The zero-order chi connectivity index (χ0) is 14.5. The molecule has 4 nitrogen and oxygen atoms in total. The van der Waals surface area contributed by atoms with Crippen molar-refractivity contribution < 1.29 is 22.7 Å². The van der Waals surface area contributed by atoms with Crippen LogP contribution in [-0.4, -0.2) is 55.4 Å². The van der Waals surface area contributed by atoms with E-state index in [9.17, 15) is 18.0 Å². The van der Waals surface area contributed by atoms with Crippen molar-refractivity contribution >= 4 is 5.91 Å². The van der Waals surface area contributed by atoms with Crippen LogP contribution in [0.25, 0.3) is 0 Å². The predicted octanol–water partition coefficient (Wildman–Crippen LogP) is 1.55. The number of nitrogens with zero attached hydrogens (tertiary/aromatic N) is 1.